The molecule has 1 aromatic carbocycles. The first-order valence-corrected chi connectivity index (χ1v) is 7.49. The van der Waals surface area contributed by atoms with E-state index in [1.807, 2.05) is 24.0 Å². The summed E-state index contributed by atoms with van der Waals surface area (Å²) in [5.41, 5.74) is 2.39. The number of nitrogens with one attached hydrogen (secondary N) is 1. The van der Waals surface area contributed by atoms with Crippen LogP contribution in [0.4, 0.5) is 0 Å². The first-order valence-electron chi connectivity index (χ1n) is 7.49. The minimum absolute atomic E-state index is 0.464. The smallest absolute Gasteiger partial charge is 0.126 e. The number of ether oxygens (including phenoxy) is 1. The number of hydrogen-bond donors (Lipinski definition) is 1. The van der Waals surface area contributed by atoms with E-state index >= 15 is 0 Å². The van der Waals surface area contributed by atoms with Crippen molar-refractivity contribution in [3.63, 3.8) is 0 Å². The van der Waals surface area contributed by atoms with Crippen LogP contribution in [0.15, 0.2) is 30.6 Å². The molecule has 114 valence electrons. The predicted molar refractivity (Wildman–Crippen MR) is 85.6 cm³/mol. The molecule has 0 spiro atoms. The molecule has 1 aromatic heterocycles. The summed E-state index contributed by atoms with van der Waals surface area (Å²) in [6, 6.07) is 6.76. The standard InChI is InChI=1S/C17H25N3O/c1-13(2)19-12-15-7-5-6-14(3)17(15)21-11-8-16-18-9-10-20(16)4/h5-7,9-10,13,19H,8,11-12H2,1-4H3. The van der Waals surface area contributed by atoms with Crippen molar-refractivity contribution >= 4 is 0 Å². The molecule has 21 heavy (non-hydrogen) atoms. The number of aryl methyl sites for hydroxylation is 2. The maximum Gasteiger partial charge on any atom is 0.126 e. The van der Waals surface area contributed by atoms with Gasteiger partial charge in [-0.05, 0) is 12.5 Å². The van der Waals surface area contributed by atoms with E-state index in [-0.39, 0.29) is 0 Å². The highest BCUT2D eigenvalue weighted by molar-refractivity contribution is 5.40. The van der Waals surface area contributed by atoms with Crippen molar-refractivity contribution in [2.24, 2.45) is 7.05 Å². The maximum absolute atomic E-state index is 6.04. The molecule has 1 heterocycles. The lowest BCUT2D eigenvalue weighted by atomic mass is 10.1. The molecule has 2 aromatic rings. The fourth-order valence-electron chi connectivity index (χ4n) is 2.25. The zero-order valence-electron chi connectivity index (χ0n) is 13.4. The number of aromatic nitrogens is 2. The van der Waals surface area contributed by atoms with Gasteiger partial charge in [-0.15, -0.1) is 0 Å². The molecule has 4 heteroatoms. The molecule has 2 rings (SSSR count). The average Bonchev–Trinajstić information content (AvgIpc) is 2.84. The van der Waals surface area contributed by atoms with Gasteiger partial charge >= 0.3 is 0 Å². The normalized spacial score (nSPS) is 11.1. The minimum atomic E-state index is 0.464. The fraction of sp³-hybridized carbons (Fsp3) is 0.471. The molecule has 0 aliphatic carbocycles. The van der Waals surface area contributed by atoms with Gasteiger partial charge in [0.05, 0.1) is 6.61 Å². The highest BCUT2D eigenvalue weighted by atomic mass is 16.5. The largest absolute Gasteiger partial charge is 0.493 e. The Balaban J connectivity index is 1.99. The van der Waals surface area contributed by atoms with Crippen molar-refractivity contribution in [1.29, 1.82) is 0 Å². The first kappa shape index (κ1) is 15.6. The van der Waals surface area contributed by atoms with E-state index in [9.17, 15) is 0 Å². The quantitative estimate of drug-likeness (QED) is 0.851. The van der Waals surface area contributed by atoms with Crippen LogP contribution in [0.1, 0.15) is 30.8 Å². The summed E-state index contributed by atoms with van der Waals surface area (Å²) in [6.45, 7) is 7.87. The lowest BCUT2D eigenvalue weighted by Crippen LogP contribution is -2.22. The SMILES string of the molecule is Cc1cccc(CNC(C)C)c1OCCc1nccn1C. The summed E-state index contributed by atoms with van der Waals surface area (Å²) >= 11 is 0. The van der Waals surface area contributed by atoms with Crippen LogP contribution >= 0.6 is 0 Å². The van der Waals surface area contributed by atoms with Crippen molar-refractivity contribution in [3.8, 4) is 5.75 Å². The zero-order valence-corrected chi connectivity index (χ0v) is 13.4. The Morgan fingerprint density at radius 3 is 2.81 bits per heavy atom. The summed E-state index contributed by atoms with van der Waals surface area (Å²) in [5.74, 6) is 2.05. The molecule has 0 aliphatic rings. The van der Waals surface area contributed by atoms with Crippen LogP contribution in [-0.4, -0.2) is 22.2 Å². The van der Waals surface area contributed by atoms with Crippen LogP contribution in [-0.2, 0) is 20.0 Å². The van der Waals surface area contributed by atoms with Crippen molar-refractivity contribution < 1.29 is 4.74 Å². The third-order valence-electron chi connectivity index (χ3n) is 3.49. The Morgan fingerprint density at radius 1 is 1.33 bits per heavy atom. The molecule has 0 radical (unpaired) electrons. The molecule has 0 saturated heterocycles. The molecule has 0 atom stereocenters. The Hall–Kier alpha value is -1.81. The second kappa shape index (κ2) is 7.27. The highest BCUT2D eigenvalue weighted by Gasteiger charge is 2.08. The molecule has 0 amide bonds. The summed E-state index contributed by atoms with van der Waals surface area (Å²) in [6.07, 6.45) is 4.59. The third kappa shape index (κ3) is 4.33. The number of nitrogens with zero attached hydrogens (tertiary/aromatic N) is 2. The van der Waals surface area contributed by atoms with E-state index in [0.717, 1.165) is 24.5 Å². The van der Waals surface area contributed by atoms with E-state index in [2.05, 4.69) is 49.3 Å². The lowest BCUT2D eigenvalue weighted by Gasteiger charge is -2.16. The number of para-hydroxylation sites is 1. The molecule has 4 nitrogen and oxygen atoms in total. The van der Waals surface area contributed by atoms with E-state index in [4.69, 9.17) is 4.74 Å². The van der Waals surface area contributed by atoms with Crippen molar-refractivity contribution in [2.45, 2.75) is 39.8 Å². The molecular weight excluding hydrogens is 262 g/mol. The van der Waals surface area contributed by atoms with Gasteiger partial charge in [0.1, 0.15) is 11.6 Å². The van der Waals surface area contributed by atoms with Gasteiger partial charge in [0.25, 0.3) is 0 Å². The zero-order chi connectivity index (χ0) is 15.2. The second-order valence-corrected chi connectivity index (χ2v) is 5.65. The molecule has 0 fully saturated rings. The number of benzene rings is 1. The topological polar surface area (TPSA) is 39.1 Å². The van der Waals surface area contributed by atoms with Gasteiger partial charge in [-0.25, -0.2) is 4.98 Å². The first-order chi connectivity index (χ1) is 10.1. The average molecular weight is 287 g/mol. The van der Waals surface area contributed by atoms with Crippen LogP contribution in [0.2, 0.25) is 0 Å². The number of imidazole rings is 1. The highest BCUT2D eigenvalue weighted by Crippen LogP contribution is 2.23. The van der Waals surface area contributed by atoms with Crippen LogP contribution in [0.5, 0.6) is 5.75 Å². The van der Waals surface area contributed by atoms with E-state index in [1.165, 1.54) is 11.1 Å². The molecule has 0 bridgehead atoms. The molecule has 0 unspecified atom stereocenters. The Kier molecular flexibility index (Phi) is 5.39. The summed E-state index contributed by atoms with van der Waals surface area (Å²) in [4.78, 5) is 4.32. The minimum Gasteiger partial charge on any atom is -0.493 e. The lowest BCUT2D eigenvalue weighted by molar-refractivity contribution is 0.311. The fourth-order valence-corrected chi connectivity index (χ4v) is 2.25. The Labute approximate surface area is 127 Å². The molecule has 1 N–H and O–H groups in total. The van der Waals surface area contributed by atoms with Gasteiger partial charge in [0, 0.05) is 44.0 Å². The molecule has 0 saturated carbocycles. The summed E-state index contributed by atoms with van der Waals surface area (Å²) < 4.78 is 8.07. The van der Waals surface area contributed by atoms with E-state index in [0.29, 0.717) is 12.6 Å². The second-order valence-electron chi connectivity index (χ2n) is 5.65. The maximum atomic E-state index is 6.04. The van der Waals surface area contributed by atoms with Crippen LogP contribution in [0.3, 0.4) is 0 Å². The van der Waals surface area contributed by atoms with Gasteiger partial charge in [0.2, 0.25) is 0 Å². The van der Waals surface area contributed by atoms with Gasteiger partial charge in [-0.2, -0.15) is 0 Å². The Bertz CT molecular complexity index is 575. The molecular formula is C17H25N3O. The van der Waals surface area contributed by atoms with Gasteiger partial charge in [-0.1, -0.05) is 32.0 Å². The van der Waals surface area contributed by atoms with Crippen LogP contribution < -0.4 is 10.1 Å². The van der Waals surface area contributed by atoms with Gasteiger partial charge in [0.15, 0.2) is 0 Å². The van der Waals surface area contributed by atoms with E-state index in [1.54, 1.807) is 0 Å². The van der Waals surface area contributed by atoms with Gasteiger partial charge < -0.3 is 14.6 Å². The van der Waals surface area contributed by atoms with Crippen LogP contribution in [0.25, 0.3) is 0 Å². The van der Waals surface area contributed by atoms with Gasteiger partial charge in [-0.3, -0.25) is 0 Å². The summed E-state index contributed by atoms with van der Waals surface area (Å²) in [5, 5.41) is 3.45. The van der Waals surface area contributed by atoms with Crippen molar-refractivity contribution in [3.05, 3.63) is 47.5 Å². The van der Waals surface area contributed by atoms with Crippen molar-refractivity contribution in [2.75, 3.05) is 6.61 Å². The predicted octanol–water partition coefficient (Wildman–Crippen LogP) is 2.85. The van der Waals surface area contributed by atoms with E-state index < -0.39 is 0 Å². The summed E-state index contributed by atoms with van der Waals surface area (Å²) in [7, 11) is 2.01. The third-order valence-corrected chi connectivity index (χ3v) is 3.49. The van der Waals surface area contributed by atoms with Crippen molar-refractivity contribution in [1.82, 2.24) is 14.9 Å². The number of hydrogen-bond acceptors (Lipinski definition) is 3. The monoisotopic (exact) mass is 287 g/mol. The van der Waals surface area contributed by atoms with Crippen LogP contribution in [0, 0.1) is 6.92 Å². The molecule has 0 aliphatic heterocycles. The number of rotatable bonds is 7. The Morgan fingerprint density at radius 2 is 2.14 bits per heavy atom.